The summed E-state index contributed by atoms with van der Waals surface area (Å²) < 4.78 is 2.14. The van der Waals surface area contributed by atoms with Gasteiger partial charge in [0, 0.05) is 36.6 Å². The SMILES string of the molecule is CCn1cc(CCNC(=O)Nc2cccc(C)c2C)c2cccnc21. The zero-order valence-corrected chi connectivity index (χ0v) is 15.0. The minimum absolute atomic E-state index is 0.175. The molecule has 0 aliphatic rings. The summed E-state index contributed by atoms with van der Waals surface area (Å²) in [6, 6.07) is 9.76. The van der Waals surface area contributed by atoms with E-state index in [9.17, 15) is 4.79 Å². The number of carbonyl (C=O) groups excluding carboxylic acids is 1. The van der Waals surface area contributed by atoms with Gasteiger partial charge < -0.3 is 15.2 Å². The smallest absolute Gasteiger partial charge is 0.319 e. The normalized spacial score (nSPS) is 10.8. The van der Waals surface area contributed by atoms with Crippen LogP contribution in [-0.2, 0) is 13.0 Å². The third-order valence-electron chi connectivity index (χ3n) is 4.59. The largest absolute Gasteiger partial charge is 0.338 e. The van der Waals surface area contributed by atoms with Gasteiger partial charge in [0.1, 0.15) is 5.65 Å². The number of aryl methyl sites for hydroxylation is 2. The van der Waals surface area contributed by atoms with Crippen molar-refractivity contribution in [2.24, 2.45) is 0 Å². The van der Waals surface area contributed by atoms with E-state index in [1.54, 1.807) is 0 Å². The fourth-order valence-corrected chi connectivity index (χ4v) is 3.00. The van der Waals surface area contributed by atoms with Gasteiger partial charge in [0.15, 0.2) is 0 Å². The zero-order valence-electron chi connectivity index (χ0n) is 15.0. The molecule has 2 amide bonds. The van der Waals surface area contributed by atoms with Crippen LogP contribution in [0.3, 0.4) is 0 Å². The molecule has 130 valence electrons. The van der Waals surface area contributed by atoms with E-state index < -0.39 is 0 Å². The second kappa shape index (κ2) is 7.38. The summed E-state index contributed by atoms with van der Waals surface area (Å²) in [5, 5.41) is 7.02. The van der Waals surface area contributed by atoms with Crippen LogP contribution in [0, 0.1) is 13.8 Å². The monoisotopic (exact) mass is 336 g/mol. The van der Waals surface area contributed by atoms with Crippen LogP contribution in [0.2, 0.25) is 0 Å². The molecule has 3 aromatic rings. The Balaban J connectivity index is 1.61. The predicted molar refractivity (Wildman–Crippen MR) is 102 cm³/mol. The van der Waals surface area contributed by atoms with E-state index in [0.29, 0.717) is 6.54 Å². The molecule has 0 atom stereocenters. The molecule has 25 heavy (non-hydrogen) atoms. The number of fused-ring (bicyclic) bond motifs is 1. The summed E-state index contributed by atoms with van der Waals surface area (Å²) in [5.41, 5.74) is 5.31. The van der Waals surface area contributed by atoms with Gasteiger partial charge in [-0.1, -0.05) is 12.1 Å². The fraction of sp³-hybridized carbons (Fsp3) is 0.300. The second-order valence-corrected chi connectivity index (χ2v) is 6.19. The van der Waals surface area contributed by atoms with Crippen molar-refractivity contribution in [1.29, 1.82) is 0 Å². The quantitative estimate of drug-likeness (QED) is 0.739. The molecular formula is C20H24N4O. The number of benzene rings is 1. The molecule has 0 aliphatic heterocycles. The summed E-state index contributed by atoms with van der Waals surface area (Å²) in [7, 11) is 0. The molecular weight excluding hydrogens is 312 g/mol. The summed E-state index contributed by atoms with van der Waals surface area (Å²) >= 11 is 0. The lowest BCUT2D eigenvalue weighted by molar-refractivity contribution is 0.252. The van der Waals surface area contributed by atoms with Crippen LogP contribution < -0.4 is 10.6 Å². The van der Waals surface area contributed by atoms with Crippen LogP contribution in [0.15, 0.2) is 42.7 Å². The van der Waals surface area contributed by atoms with E-state index in [4.69, 9.17) is 0 Å². The van der Waals surface area contributed by atoms with E-state index in [1.807, 2.05) is 44.3 Å². The first-order valence-electron chi connectivity index (χ1n) is 8.64. The predicted octanol–water partition coefficient (Wildman–Crippen LogP) is 4.04. The van der Waals surface area contributed by atoms with Gasteiger partial charge in [-0.2, -0.15) is 0 Å². The first-order valence-corrected chi connectivity index (χ1v) is 8.64. The molecule has 2 aromatic heterocycles. The van der Waals surface area contributed by atoms with E-state index in [1.165, 1.54) is 5.56 Å². The molecule has 0 bridgehead atoms. The first-order chi connectivity index (χ1) is 12.1. The van der Waals surface area contributed by atoms with Gasteiger partial charge in [-0.25, -0.2) is 9.78 Å². The lowest BCUT2D eigenvalue weighted by Gasteiger charge is -2.11. The van der Waals surface area contributed by atoms with Crippen LogP contribution >= 0.6 is 0 Å². The van der Waals surface area contributed by atoms with Gasteiger partial charge in [-0.3, -0.25) is 0 Å². The van der Waals surface area contributed by atoms with Gasteiger partial charge in [0.25, 0.3) is 0 Å². The van der Waals surface area contributed by atoms with Crippen molar-refractivity contribution in [3.05, 3.63) is 59.4 Å². The summed E-state index contributed by atoms with van der Waals surface area (Å²) in [5.74, 6) is 0. The van der Waals surface area contributed by atoms with E-state index in [-0.39, 0.29) is 6.03 Å². The van der Waals surface area contributed by atoms with Crippen LogP contribution in [-0.4, -0.2) is 22.1 Å². The molecule has 3 rings (SSSR count). The molecule has 5 nitrogen and oxygen atoms in total. The van der Waals surface area contributed by atoms with Gasteiger partial charge in [0.2, 0.25) is 0 Å². The summed E-state index contributed by atoms with van der Waals surface area (Å²) in [4.78, 5) is 16.6. The van der Waals surface area contributed by atoms with Crippen LogP contribution in [0.5, 0.6) is 0 Å². The minimum atomic E-state index is -0.175. The zero-order chi connectivity index (χ0) is 17.8. The number of aromatic nitrogens is 2. The fourth-order valence-electron chi connectivity index (χ4n) is 3.00. The Bertz CT molecular complexity index is 898. The van der Waals surface area contributed by atoms with Crippen molar-refractivity contribution in [1.82, 2.24) is 14.9 Å². The third-order valence-corrected chi connectivity index (χ3v) is 4.59. The first kappa shape index (κ1) is 17.0. The maximum Gasteiger partial charge on any atom is 0.319 e. The number of urea groups is 1. The maximum atomic E-state index is 12.2. The van der Waals surface area contributed by atoms with Crippen molar-refractivity contribution < 1.29 is 4.79 Å². The van der Waals surface area contributed by atoms with Crippen molar-refractivity contribution in [2.45, 2.75) is 33.7 Å². The number of nitrogens with zero attached hydrogens (tertiary/aromatic N) is 2. The maximum absolute atomic E-state index is 12.2. The Morgan fingerprint density at radius 3 is 2.84 bits per heavy atom. The van der Waals surface area contributed by atoms with Crippen LogP contribution in [0.4, 0.5) is 10.5 Å². The lowest BCUT2D eigenvalue weighted by Crippen LogP contribution is -2.30. The molecule has 1 aromatic carbocycles. The summed E-state index contributed by atoms with van der Waals surface area (Å²) in [6.45, 7) is 7.61. The van der Waals surface area contributed by atoms with Crippen molar-refractivity contribution in [3.63, 3.8) is 0 Å². The van der Waals surface area contributed by atoms with Crippen LogP contribution in [0.25, 0.3) is 11.0 Å². The molecule has 2 N–H and O–H groups in total. The Kier molecular flexibility index (Phi) is 5.03. The second-order valence-electron chi connectivity index (χ2n) is 6.19. The lowest BCUT2D eigenvalue weighted by atomic mass is 10.1. The molecule has 0 aliphatic carbocycles. The third kappa shape index (κ3) is 3.65. The number of amides is 2. The molecule has 0 unspecified atom stereocenters. The number of hydrogen-bond acceptors (Lipinski definition) is 2. The Hall–Kier alpha value is -2.82. The van der Waals surface area contributed by atoms with Crippen molar-refractivity contribution in [3.8, 4) is 0 Å². The highest BCUT2D eigenvalue weighted by molar-refractivity contribution is 5.90. The van der Waals surface area contributed by atoms with Gasteiger partial charge >= 0.3 is 6.03 Å². The highest BCUT2D eigenvalue weighted by atomic mass is 16.2. The number of hydrogen-bond donors (Lipinski definition) is 2. The molecule has 0 spiro atoms. The number of pyridine rings is 1. The molecule has 0 saturated carbocycles. The molecule has 5 heteroatoms. The van der Waals surface area contributed by atoms with Gasteiger partial charge in [-0.15, -0.1) is 0 Å². The van der Waals surface area contributed by atoms with Gasteiger partial charge in [-0.05, 0) is 62.1 Å². The van der Waals surface area contributed by atoms with E-state index >= 15 is 0 Å². The minimum Gasteiger partial charge on any atom is -0.338 e. The molecule has 0 radical (unpaired) electrons. The highest BCUT2D eigenvalue weighted by Gasteiger charge is 2.09. The van der Waals surface area contributed by atoms with Crippen molar-refractivity contribution >= 4 is 22.8 Å². The Morgan fingerprint density at radius 1 is 1.20 bits per heavy atom. The number of nitrogens with one attached hydrogen (secondary N) is 2. The molecule has 0 saturated heterocycles. The Morgan fingerprint density at radius 2 is 2.04 bits per heavy atom. The number of carbonyl (C=O) groups is 1. The average molecular weight is 336 g/mol. The van der Waals surface area contributed by atoms with Gasteiger partial charge in [0.05, 0.1) is 0 Å². The standard InChI is InChI=1S/C20H24N4O/c1-4-24-13-16(17-8-6-11-21-19(17)24)10-12-22-20(25)23-18-9-5-7-14(2)15(18)3/h5-9,11,13H,4,10,12H2,1-3H3,(H2,22,23,25). The number of anilines is 1. The molecule has 2 heterocycles. The average Bonchev–Trinajstić information content (AvgIpc) is 2.97. The molecule has 0 fully saturated rings. The van der Waals surface area contributed by atoms with Crippen LogP contribution in [0.1, 0.15) is 23.6 Å². The summed E-state index contributed by atoms with van der Waals surface area (Å²) in [6.07, 6.45) is 4.71. The van der Waals surface area contributed by atoms with E-state index in [2.05, 4.69) is 39.4 Å². The Labute approximate surface area is 148 Å². The highest BCUT2D eigenvalue weighted by Crippen LogP contribution is 2.20. The van der Waals surface area contributed by atoms with E-state index in [0.717, 1.165) is 40.8 Å². The van der Waals surface area contributed by atoms with Crippen molar-refractivity contribution in [2.75, 3.05) is 11.9 Å². The number of rotatable bonds is 5. The topological polar surface area (TPSA) is 59.0 Å².